The van der Waals surface area contributed by atoms with Gasteiger partial charge in [-0.3, -0.25) is 14.5 Å². The van der Waals surface area contributed by atoms with Gasteiger partial charge in [0.1, 0.15) is 5.69 Å². The number of rotatable bonds is 4. The van der Waals surface area contributed by atoms with Gasteiger partial charge in [0.2, 0.25) is 0 Å². The van der Waals surface area contributed by atoms with E-state index in [2.05, 4.69) is 67.5 Å². The molecule has 0 aliphatic carbocycles. The normalized spacial score (nSPS) is 15.4. The SMILES string of the molecule is Cc1ccccc1-c1ccc(C(=O)N2Cc3ccc(C(=O)N4CCN(C(C)C)CC4)n3Cc3ccccc32)cc1C. The van der Waals surface area contributed by atoms with Crippen molar-refractivity contribution in [2.75, 3.05) is 31.1 Å². The first-order chi connectivity index (χ1) is 19.8. The molecule has 41 heavy (non-hydrogen) atoms. The van der Waals surface area contributed by atoms with E-state index >= 15 is 0 Å². The Kier molecular flexibility index (Phi) is 7.26. The van der Waals surface area contributed by atoms with E-state index in [-0.39, 0.29) is 11.8 Å². The maximum atomic E-state index is 14.1. The van der Waals surface area contributed by atoms with Gasteiger partial charge < -0.3 is 14.4 Å². The van der Waals surface area contributed by atoms with E-state index in [9.17, 15) is 9.59 Å². The Morgan fingerprint density at radius 3 is 2.15 bits per heavy atom. The summed E-state index contributed by atoms with van der Waals surface area (Å²) in [7, 11) is 0. The minimum Gasteiger partial charge on any atom is -0.335 e. The molecule has 0 atom stereocenters. The number of para-hydroxylation sites is 1. The first-order valence-corrected chi connectivity index (χ1v) is 14.6. The van der Waals surface area contributed by atoms with Crippen molar-refractivity contribution in [2.24, 2.45) is 0 Å². The molecule has 2 aliphatic rings. The third kappa shape index (κ3) is 5.08. The number of aryl methyl sites for hydroxylation is 2. The van der Waals surface area contributed by atoms with Gasteiger partial charge in [0.25, 0.3) is 11.8 Å². The van der Waals surface area contributed by atoms with Crippen LogP contribution in [-0.2, 0) is 13.1 Å². The summed E-state index contributed by atoms with van der Waals surface area (Å²) in [5.74, 6) is 0.0311. The fraction of sp³-hybridized carbons (Fsp3) is 0.314. The Bertz CT molecular complexity index is 1610. The molecule has 1 fully saturated rings. The van der Waals surface area contributed by atoms with Crippen LogP contribution in [0.15, 0.2) is 78.9 Å². The van der Waals surface area contributed by atoms with Gasteiger partial charge in [-0.15, -0.1) is 0 Å². The van der Waals surface area contributed by atoms with E-state index in [0.29, 0.717) is 30.4 Å². The first-order valence-electron chi connectivity index (χ1n) is 14.6. The maximum absolute atomic E-state index is 14.1. The molecule has 4 aromatic rings. The summed E-state index contributed by atoms with van der Waals surface area (Å²) < 4.78 is 2.11. The predicted octanol–water partition coefficient (Wildman–Crippen LogP) is 6.15. The zero-order valence-corrected chi connectivity index (χ0v) is 24.4. The molecule has 0 radical (unpaired) electrons. The van der Waals surface area contributed by atoms with Crippen LogP contribution in [0.4, 0.5) is 5.69 Å². The van der Waals surface area contributed by atoms with Crippen LogP contribution >= 0.6 is 0 Å². The molecule has 0 saturated carbocycles. The molecular weight excluding hydrogens is 508 g/mol. The van der Waals surface area contributed by atoms with Crippen molar-refractivity contribution < 1.29 is 9.59 Å². The van der Waals surface area contributed by atoms with E-state index < -0.39 is 0 Å². The van der Waals surface area contributed by atoms with Crippen molar-refractivity contribution in [3.05, 3.63) is 113 Å². The number of nitrogens with zero attached hydrogens (tertiary/aromatic N) is 4. The van der Waals surface area contributed by atoms with Gasteiger partial charge in [0.15, 0.2) is 0 Å². The number of benzene rings is 3. The molecule has 0 unspecified atom stereocenters. The monoisotopic (exact) mass is 546 g/mol. The minimum absolute atomic E-state index is 0.0378. The number of carbonyl (C=O) groups is 2. The fourth-order valence-electron chi connectivity index (χ4n) is 6.26. The van der Waals surface area contributed by atoms with Crippen molar-refractivity contribution in [2.45, 2.75) is 46.8 Å². The molecule has 6 nitrogen and oxygen atoms in total. The molecule has 3 heterocycles. The molecule has 2 aliphatic heterocycles. The molecule has 1 aromatic heterocycles. The van der Waals surface area contributed by atoms with E-state index in [4.69, 9.17) is 0 Å². The highest BCUT2D eigenvalue weighted by Gasteiger charge is 2.30. The van der Waals surface area contributed by atoms with Crippen LogP contribution in [0.5, 0.6) is 0 Å². The summed E-state index contributed by atoms with van der Waals surface area (Å²) >= 11 is 0. The number of fused-ring (bicyclic) bond motifs is 2. The highest BCUT2D eigenvalue weighted by Crippen LogP contribution is 2.32. The molecule has 6 heteroatoms. The average Bonchev–Trinajstić information content (AvgIpc) is 3.29. The standard InChI is InChI=1S/C35H38N4O2/c1-24(2)36-17-19-37(20-18-36)35(41)33-16-14-29-23-39(32-12-8-6-10-28(32)22-38(29)33)34(40)27-13-15-31(26(4)21-27)30-11-7-5-9-25(30)3/h5-16,21,24H,17-20,22-23H2,1-4H3. The van der Waals surface area contributed by atoms with Crippen molar-refractivity contribution in [1.82, 2.24) is 14.4 Å². The van der Waals surface area contributed by atoms with Gasteiger partial charge >= 0.3 is 0 Å². The maximum Gasteiger partial charge on any atom is 0.270 e. The van der Waals surface area contributed by atoms with Crippen molar-refractivity contribution in [3.63, 3.8) is 0 Å². The number of piperazine rings is 1. The molecule has 6 rings (SSSR count). The fourth-order valence-corrected chi connectivity index (χ4v) is 6.26. The largest absolute Gasteiger partial charge is 0.335 e. The highest BCUT2D eigenvalue weighted by atomic mass is 16.2. The van der Waals surface area contributed by atoms with Gasteiger partial charge in [-0.1, -0.05) is 48.5 Å². The minimum atomic E-state index is -0.0378. The number of aromatic nitrogens is 1. The third-order valence-corrected chi connectivity index (χ3v) is 8.71. The molecule has 210 valence electrons. The van der Waals surface area contributed by atoms with Crippen LogP contribution in [0.2, 0.25) is 0 Å². The summed E-state index contributed by atoms with van der Waals surface area (Å²) in [6.07, 6.45) is 0. The Labute approximate surface area is 242 Å². The highest BCUT2D eigenvalue weighted by molar-refractivity contribution is 6.07. The second kappa shape index (κ2) is 11.0. The van der Waals surface area contributed by atoms with Crippen LogP contribution in [0.25, 0.3) is 11.1 Å². The quantitative estimate of drug-likeness (QED) is 0.309. The van der Waals surface area contributed by atoms with Crippen LogP contribution in [-0.4, -0.2) is 58.4 Å². The van der Waals surface area contributed by atoms with Crippen molar-refractivity contribution in [1.29, 1.82) is 0 Å². The summed E-state index contributed by atoms with van der Waals surface area (Å²) in [5.41, 5.74) is 8.85. The Morgan fingerprint density at radius 1 is 0.707 bits per heavy atom. The van der Waals surface area contributed by atoms with E-state index in [1.807, 2.05) is 58.3 Å². The van der Waals surface area contributed by atoms with E-state index in [0.717, 1.165) is 54.3 Å². The Balaban J connectivity index is 1.30. The zero-order valence-electron chi connectivity index (χ0n) is 24.4. The summed E-state index contributed by atoms with van der Waals surface area (Å²) in [4.78, 5) is 34.0. The second-order valence-electron chi connectivity index (χ2n) is 11.6. The zero-order chi connectivity index (χ0) is 28.7. The lowest BCUT2D eigenvalue weighted by molar-refractivity contribution is 0.0585. The molecule has 3 aromatic carbocycles. The second-order valence-corrected chi connectivity index (χ2v) is 11.6. The Morgan fingerprint density at radius 2 is 1.41 bits per heavy atom. The molecule has 1 saturated heterocycles. The van der Waals surface area contributed by atoms with Gasteiger partial charge in [0.05, 0.1) is 13.1 Å². The number of carbonyl (C=O) groups excluding carboxylic acids is 2. The number of amides is 2. The summed E-state index contributed by atoms with van der Waals surface area (Å²) in [5, 5.41) is 0. The summed E-state index contributed by atoms with van der Waals surface area (Å²) in [6, 6.07) is 26.8. The number of anilines is 1. The first kappa shape index (κ1) is 27.0. The smallest absolute Gasteiger partial charge is 0.270 e. The Hall–Kier alpha value is -4.16. The lowest BCUT2D eigenvalue weighted by Gasteiger charge is -2.37. The van der Waals surface area contributed by atoms with Gasteiger partial charge in [-0.05, 0) is 85.8 Å². The lowest BCUT2D eigenvalue weighted by atomic mass is 9.95. The van der Waals surface area contributed by atoms with Crippen LogP contribution in [0.3, 0.4) is 0 Å². The van der Waals surface area contributed by atoms with E-state index in [1.165, 1.54) is 11.1 Å². The van der Waals surface area contributed by atoms with Gasteiger partial charge in [0, 0.05) is 49.2 Å². The van der Waals surface area contributed by atoms with Crippen LogP contribution in [0, 0.1) is 13.8 Å². The number of hydrogen-bond donors (Lipinski definition) is 0. The molecular formula is C35H38N4O2. The predicted molar refractivity (Wildman–Crippen MR) is 164 cm³/mol. The third-order valence-electron chi connectivity index (χ3n) is 8.71. The molecule has 0 N–H and O–H groups in total. The molecule has 0 spiro atoms. The molecule has 0 bridgehead atoms. The average molecular weight is 547 g/mol. The number of hydrogen-bond acceptors (Lipinski definition) is 3. The summed E-state index contributed by atoms with van der Waals surface area (Å²) in [6.45, 7) is 12.8. The van der Waals surface area contributed by atoms with Gasteiger partial charge in [-0.2, -0.15) is 0 Å². The molecule has 2 amide bonds. The van der Waals surface area contributed by atoms with Crippen LogP contribution < -0.4 is 4.90 Å². The van der Waals surface area contributed by atoms with Crippen molar-refractivity contribution >= 4 is 17.5 Å². The van der Waals surface area contributed by atoms with Crippen molar-refractivity contribution in [3.8, 4) is 11.1 Å². The van der Waals surface area contributed by atoms with Gasteiger partial charge in [-0.25, -0.2) is 0 Å². The van der Waals surface area contributed by atoms with E-state index in [1.54, 1.807) is 0 Å². The van der Waals surface area contributed by atoms with Crippen LogP contribution in [0.1, 0.15) is 57.1 Å². The topological polar surface area (TPSA) is 48.8 Å². The lowest BCUT2D eigenvalue weighted by Crippen LogP contribution is -2.51.